The molecule has 1 saturated heterocycles. The summed E-state index contributed by atoms with van der Waals surface area (Å²) in [6.07, 6.45) is 0.585. The Morgan fingerprint density at radius 1 is 1.59 bits per heavy atom. The van der Waals surface area contributed by atoms with Crippen LogP contribution in [0.2, 0.25) is 0 Å². The van der Waals surface area contributed by atoms with Gasteiger partial charge in [-0.1, -0.05) is 0 Å². The highest BCUT2D eigenvalue weighted by molar-refractivity contribution is 9.10. The van der Waals surface area contributed by atoms with E-state index in [1.807, 2.05) is 23.1 Å². The van der Waals surface area contributed by atoms with Crippen LogP contribution in [0, 0.1) is 5.92 Å². The average molecular weight is 316 g/mol. The first-order valence-electron chi connectivity index (χ1n) is 5.40. The summed E-state index contributed by atoms with van der Waals surface area (Å²) in [5.74, 6) is 2.03. The summed E-state index contributed by atoms with van der Waals surface area (Å²) < 4.78 is 6.02. The lowest BCUT2D eigenvalue weighted by atomic mass is 10.1. The second-order valence-corrected chi connectivity index (χ2v) is 5.29. The van der Waals surface area contributed by atoms with Gasteiger partial charge < -0.3 is 9.64 Å². The maximum atomic E-state index is 11.9. The van der Waals surface area contributed by atoms with Crippen molar-refractivity contribution in [3.8, 4) is 5.75 Å². The molecule has 1 aromatic rings. The molecule has 3 nitrogen and oxygen atoms in total. The molecule has 5 heteroatoms. The third kappa shape index (κ3) is 2.60. The molecule has 0 bridgehead atoms. The van der Waals surface area contributed by atoms with Crippen LogP contribution in [-0.2, 0) is 4.79 Å². The summed E-state index contributed by atoms with van der Waals surface area (Å²) in [5.41, 5.74) is 0.903. The van der Waals surface area contributed by atoms with E-state index in [1.54, 1.807) is 7.11 Å². The molecule has 1 aromatic carbocycles. The second-order valence-electron chi connectivity index (χ2n) is 4.07. The quantitative estimate of drug-likeness (QED) is 0.869. The summed E-state index contributed by atoms with van der Waals surface area (Å²) in [4.78, 5) is 13.7. The van der Waals surface area contributed by atoms with Crippen LogP contribution < -0.4 is 9.64 Å². The number of benzene rings is 1. The fourth-order valence-corrected chi connectivity index (χ4v) is 2.79. The topological polar surface area (TPSA) is 29.5 Å². The highest BCUT2D eigenvalue weighted by Crippen LogP contribution is 2.34. The van der Waals surface area contributed by atoms with E-state index in [4.69, 9.17) is 4.74 Å². The van der Waals surface area contributed by atoms with E-state index in [9.17, 15) is 4.79 Å². The van der Waals surface area contributed by atoms with Gasteiger partial charge in [0.05, 0.1) is 12.8 Å². The van der Waals surface area contributed by atoms with Crippen LogP contribution in [0.5, 0.6) is 5.75 Å². The van der Waals surface area contributed by atoms with Gasteiger partial charge in [-0.15, -0.1) is 0 Å². The van der Waals surface area contributed by atoms with Gasteiger partial charge in [-0.2, -0.15) is 12.6 Å². The predicted octanol–water partition coefficient (Wildman–Crippen LogP) is 2.74. The molecule has 1 fully saturated rings. The molecule has 0 aromatic heterocycles. The Morgan fingerprint density at radius 3 is 2.88 bits per heavy atom. The first-order valence-corrected chi connectivity index (χ1v) is 6.83. The van der Waals surface area contributed by atoms with E-state index in [2.05, 4.69) is 28.6 Å². The standard InChI is InChI=1S/C12H14BrNO2S/c1-16-9-2-3-11(10(13)5-9)14-6-8(7-17)4-12(14)15/h2-3,5,8,17H,4,6-7H2,1H3. The van der Waals surface area contributed by atoms with Crippen molar-refractivity contribution in [1.82, 2.24) is 0 Å². The lowest BCUT2D eigenvalue weighted by Crippen LogP contribution is -2.25. The van der Waals surface area contributed by atoms with Crippen LogP contribution in [0.15, 0.2) is 22.7 Å². The third-order valence-corrected chi connectivity index (χ3v) is 4.06. The number of thiol groups is 1. The van der Waals surface area contributed by atoms with Crippen molar-refractivity contribution in [2.45, 2.75) is 6.42 Å². The van der Waals surface area contributed by atoms with E-state index >= 15 is 0 Å². The Kier molecular flexibility index (Phi) is 3.99. The molecule has 17 heavy (non-hydrogen) atoms. The number of halogens is 1. The highest BCUT2D eigenvalue weighted by atomic mass is 79.9. The highest BCUT2D eigenvalue weighted by Gasteiger charge is 2.30. The zero-order valence-electron chi connectivity index (χ0n) is 9.52. The molecule has 1 amide bonds. The zero-order chi connectivity index (χ0) is 12.4. The number of nitrogens with zero attached hydrogens (tertiary/aromatic N) is 1. The van der Waals surface area contributed by atoms with Gasteiger partial charge in [-0.05, 0) is 45.8 Å². The molecule has 0 radical (unpaired) electrons. The summed E-state index contributed by atoms with van der Waals surface area (Å²) >= 11 is 7.73. The molecular formula is C12H14BrNO2S. The molecule has 0 N–H and O–H groups in total. The molecule has 0 spiro atoms. The van der Waals surface area contributed by atoms with Crippen molar-refractivity contribution < 1.29 is 9.53 Å². The molecule has 1 heterocycles. The summed E-state index contributed by atoms with van der Waals surface area (Å²) in [5, 5.41) is 0. The molecule has 1 aliphatic heterocycles. The third-order valence-electron chi connectivity index (χ3n) is 2.91. The smallest absolute Gasteiger partial charge is 0.227 e. The van der Waals surface area contributed by atoms with Crippen LogP contribution >= 0.6 is 28.6 Å². The van der Waals surface area contributed by atoms with Crippen molar-refractivity contribution in [3.05, 3.63) is 22.7 Å². The van der Waals surface area contributed by atoms with Gasteiger partial charge in [0.25, 0.3) is 0 Å². The molecule has 0 aliphatic carbocycles. The Labute approximate surface area is 115 Å². The van der Waals surface area contributed by atoms with Gasteiger partial charge in [0.2, 0.25) is 5.91 Å². The number of carbonyl (C=O) groups excluding carboxylic acids is 1. The number of methoxy groups -OCH3 is 1. The van der Waals surface area contributed by atoms with Crippen LogP contribution in [0.1, 0.15) is 6.42 Å². The summed E-state index contributed by atoms with van der Waals surface area (Å²) in [6.45, 7) is 0.743. The van der Waals surface area contributed by atoms with E-state index in [1.165, 1.54) is 0 Å². The fraction of sp³-hybridized carbons (Fsp3) is 0.417. The van der Waals surface area contributed by atoms with Gasteiger partial charge in [0.1, 0.15) is 5.75 Å². The van der Waals surface area contributed by atoms with Crippen molar-refractivity contribution in [3.63, 3.8) is 0 Å². The SMILES string of the molecule is COc1ccc(N2CC(CS)CC2=O)c(Br)c1. The first kappa shape index (κ1) is 12.8. The van der Waals surface area contributed by atoms with Gasteiger partial charge in [0.15, 0.2) is 0 Å². The Hall–Kier alpha value is -0.680. The number of ether oxygens (including phenoxy) is 1. The molecule has 2 rings (SSSR count). The number of anilines is 1. The number of hydrogen-bond acceptors (Lipinski definition) is 3. The molecule has 0 saturated carbocycles. The molecule has 1 aliphatic rings. The van der Waals surface area contributed by atoms with E-state index < -0.39 is 0 Å². The fourth-order valence-electron chi connectivity index (χ4n) is 1.97. The number of hydrogen-bond donors (Lipinski definition) is 1. The largest absolute Gasteiger partial charge is 0.497 e. The Balaban J connectivity index is 2.26. The Bertz CT molecular complexity index is 439. The van der Waals surface area contributed by atoms with Crippen molar-refractivity contribution in [1.29, 1.82) is 0 Å². The van der Waals surface area contributed by atoms with Crippen LogP contribution in [0.3, 0.4) is 0 Å². The average Bonchev–Trinajstić information content (AvgIpc) is 2.70. The Morgan fingerprint density at radius 2 is 2.35 bits per heavy atom. The monoisotopic (exact) mass is 315 g/mol. The van der Waals surface area contributed by atoms with Gasteiger partial charge in [0, 0.05) is 17.4 Å². The number of rotatable bonds is 3. The minimum atomic E-state index is 0.162. The van der Waals surface area contributed by atoms with Gasteiger partial charge >= 0.3 is 0 Å². The van der Waals surface area contributed by atoms with Crippen LogP contribution in [0.4, 0.5) is 5.69 Å². The second kappa shape index (κ2) is 5.31. The number of carbonyl (C=O) groups is 1. The number of amides is 1. The summed E-state index contributed by atoms with van der Waals surface area (Å²) in [7, 11) is 1.62. The van der Waals surface area contributed by atoms with Crippen molar-refractivity contribution >= 4 is 40.2 Å². The van der Waals surface area contributed by atoms with Crippen LogP contribution in [0.25, 0.3) is 0 Å². The normalized spacial score (nSPS) is 19.8. The molecule has 1 unspecified atom stereocenters. The van der Waals surface area contributed by atoms with E-state index in [-0.39, 0.29) is 5.91 Å². The van der Waals surface area contributed by atoms with Crippen molar-refractivity contribution in [2.75, 3.05) is 24.3 Å². The summed E-state index contributed by atoms with van der Waals surface area (Å²) in [6, 6.07) is 5.64. The maximum absolute atomic E-state index is 11.9. The zero-order valence-corrected chi connectivity index (χ0v) is 12.0. The molecule has 1 atom stereocenters. The lowest BCUT2D eigenvalue weighted by molar-refractivity contribution is -0.117. The van der Waals surface area contributed by atoms with Gasteiger partial charge in [-0.25, -0.2) is 0 Å². The first-order chi connectivity index (χ1) is 8.15. The maximum Gasteiger partial charge on any atom is 0.227 e. The minimum Gasteiger partial charge on any atom is -0.497 e. The minimum absolute atomic E-state index is 0.162. The molecular weight excluding hydrogens is 302 g/mol. The predicted molar refractivity (Wildman–Crippen MR) is 75.0 cm³/mol. The van der Waals surface area contributed by atoms with Crippen LogP contribution in [-0.4, -0.2) is 25.3 Å². The molecule has 92 valence electrons. The van der Waals surface area contributed by atoms with Gasteiger partial charge in [-0.3, -0.25) is 4.79 Å². The van der Waals surface area contributed by atoms with E-state index in [0.29, 0.717) is 12.3 Å². The lowest BCUT2D eigenvalue weighted by Gasteiger charge is -2.18. The van der Waals surface area contributed by atoms with Crippen molar-refractivity contribution in [2.24, 2.45) is 5.92 Å². The van der Waals surface area contributed by atoms with E-state index in [0.717, 1.165) is 28.2 Å².